The van der Waals surface area contributed by atoms with E-state index in [1.165, 1.54) is 24.8 Å². The molecule has 0 fully saturated rings. The van der Waals surface area contributed by atoms with Gasteiger partial charge >= 0.3 is 0 Å². The zero-order valence-corrected chi connectivity index (χ0v) is 10.1. The van der Waals surface area contributed by atoms with Crippen LogP contribution in [0.1, 0.15) is 38.7 Å². The average molecular weight is 206 g/mol. The predicted octanol–water partition coefficient (Wildman–Crippen LogP) is 4.06. The molecule has 15 heavy (non-hydrogen) atoms. The highest BCUT2D eigenvalue weighted by Gasteiger charge is 2.07. The number of hydrogen-bond acceptors (Lipinski definition) is 1. The number of rotatable bonds is 6. The van der Waals surface area contributed by atoms with Gasteiger partial charge < -0.3 is 4.74 Å². The lowest BCUT2D eigenvalue weighted by molar-refractivity contribution is 0.403. The molecule has 0 saturated heterocycles. The Morgan fingerprint density at radius 3 is 2.67 bits per heavy atom. The molecule has 0 amide bonds. The third kappa shape index (κ3) is 3.94. The molecule has 0 heterocycles. The van der Waals surface area contributed by atoms with Crippen molar-refractivity contribution in [2.75, 3.05) is 7.11 Å². The summed E-state index contributed by atoms with van der Waals surface area (Å²) in [5.74, 6) is 1.78. The molecule has 0 N–H and O–H groups in total. The SMILES string of the molecule is CCCCC(C)Cc1ccccc1OC. The van der Waals surface area contributed by atoms with Crippen molar-refractivity contribution in [2.45, 2.75) is 39.5 Å². The summed E-state index contributed by atoms with van der Waals surface area (Å²) in [5.41, 5.74) is 1.34. The van der Waals surface area contributed by atoms with Gasteiger partial charge in [0.2, 0.25) is 0 Å². The third-order valence-corrected chi connectivity index (χ3v) is 2.81. The summed E-state index contributed by atoms with van der Waals surface area (Å²) in [6, 6.07) is 8.33. The Hall–Kier alpha value is -0.980. The molecule has 0 bridgehead atoms. The number of hydrogen-bond donors (Lipinski definition) is 0. The van der Waals surface area contributed by atoms with E-state index in [4.69, 9.17) is 4.74 Å². The standard InChI is InChI=1S/C14H22O/c1-4-5-8-12(2)11-13-9-6-7-10-14(13)15-3/h6-7,9-10,12H,4-5,8,11H2,1-3H3. The van der Waals surface area contributed by atoms with E-state index < -0.39 is 0 Å². The summed E-state index contributed by atoms with van der Waals surface area (Å²) < 4.78 is 5.35. The van der Waals surface area contributed by atoms with E-state index >= 15 is 0 Å². The van der Waals surface area contributed by atoms with Gasteiger partial charge in [0.15, 0.2) is 0 Å². The Morgan fingerprint density at radius 2 is 2.00 bits per heavy atom. The summed E-state index contributed by atoms with van der Waals surface area (Å²) in [4.78, 5) is 0. The van der Waals surface area contributed by atoms with Gasteiger partial charge in [0.25, 0.3) is 0 Å². The third-order valence-electron chi connectivity index (χ3n) is 2.81. The van der Waals surface area contributed by atoms with E-state index in [0.717, 1.165) is 18.1 Å². The van der Waals surface area contributed by atoms with Crippen LogP contribution < -0.4 is 4.74 Å². The molecule has 0 aliphatic carbocycles. The van der Waals surface area contributed by atoms with Gasteiger partial charge in [-0.2, -0.15) is 0 Å². The van der Waals surface area contributed by atoms with Crippen molar-refractivity contribution in [3.8, 4) is 5.75 Å². The van der Waals surface area contributed by atoms with E-state index in [1.54, 1.807) is 7.11 Å². The molecule has 0 radical (unpaired) electrons. The van der Waals surface area contributed by atoms with Crippen LogP contribution in [0.5, 0.6) is 5.75 Å². The summed E-state index contributed by atoms with van der Waals surface area (Å²) in [6.07, 6.45) is 5.06. The molecule has 0 spiro atoms. The highest BCUT2D eigenvalue weighted by atomic mass is 16.5. The molecule has 1 aromatic rings. The van der Waals surface area contributed by atoms with Crippen LogP contribution in [0.25, 0.3) is 0 Å². The molecule has 1 rings (SSSR count). The Kier molecular flexibility index (Phi) is 5.23. The second-order valence-corrected chi connectivity index (χ2v) is 4.26. The maximum Gasteiger partial charge on any atom is 0.122 e. The van der Waals surface area contributed by atoms with Gasteiger partial charge in [0, 0.05) is 0 Å². The normalized spacial score (nSPS) is 12.5. The largest absolute Gasteiger partial charge is 0.496 e. The minimum Gasteiger partial charge on any atom is -0.496 e. The first kappa shape index (κ1) is 12.1. The van der Waals surface area contributed by atoms with Crippen molar-refractivity contribution in [1.29, 1.82) is 0 Å². The van der Waals surface area contributed by atoms with E-state index in [-0.39, 0.29) is 0 Å². The summed E-state index contributed by atoms with van der Waals surface area (Å²) >= 11 is 0. The molecule has 1 heteroatoms. The summed E-state index contributed by atoms with van der Waals surface area (Å²) in [6.45, 7) is 4.57. The first-order chi connectivity index (χ1) is 7.27. The smallest absolute Gasteiger partial charge is 0.122 e. The van der Waals surface area contributed by atoms with Crippen LogP contribution >= 0.6 is 0 Å². The highest BCUT2D eigenvalue weighted by Crippen LogP contribution is 2.22. The highest BCUT2D eigenvalue weighted by molar-refractivity contribution is 5.33. The number of para-hydroxylation sites is 1. The molecule has 0 aliphatic heterocycles. The molecular formula is C14H22O. The van der Waals surface area contributed by atoms with Crippen molar-refractivity contribution >= 4 is 0 Å². The van der Waals surface area contributed by atoms with Crippen LogP contribution in [0.2, 0.25) is 0 Å². The lowest BCUT2D eigenvalue weighted by Gasteiger charge is -2.13. The second kappa shape index (κ2) is 6.49. The number of ether oxygens (including phenoxy) is 1. The maximum atomic E-state index is 5.35. The van der Waals surface area contributed by atoms with Gasteiger partial charge in [-0.15, -0.1) is 0 Å². The van der Waals surface area contributed by atoms with Crippen LogP contribution in [-0.2, 0) is 6.42 Å². The van der Waals surface area contributed by atoms with Crippen LogP contribution in [0, 0.1) is 5.92 Å². The fraction of sp³-hybridized carbons (Fsp3) is 0.571. The van der Waals surface area contributed by atoms with Gasteiger partial charge in [-0.05, 0) is 24.0 Å². The number of benzene rings is 1. The molecule has 0 aromatic heterocycles. The van der Waals surface area contributed by atoms with Crippen molar-refractivity contribution in [2.24, 2.45) is 5.92 Å². The summed E-state index contributed by atoms with van der Waals surface area (Å²) in [5, 5.41) is 0. The van der Waals surface area contributed by atoms with Gasteiger partial charge in [0.1, 0.15) is 5.75 Å². The molecule has 0 aliphatic rings. The van der Waals surface area contributed by atoms with Gasteiger partial charge in [0.05, 0.1) is 7.11 Å². The van der Waals surface area contributed by atoms with Crippen molar-refractivity contribution in [3.05, 3.63) is 29.8 Å². The number of unbranched alkanes of at least 4 members (excludes halogenated alkanes) is 1. The monoisotopic (exact) mass is 206 g/mol. The van der Waals surface area contributed by atoms with E-state index in [9.17, 15) is 0 Å². The van der Waals surface area contributed by atoms with Crippen molar-refractivity contribution in [3.63, 3.8) is 0 Å². The zero-order valence-electron chi connectivity index (χ0n) is 10.1. The molecule has 1 aromatic carbocycles. The minimum atomic E-state index is 0.751. The lowest BCUT2D eigenvalue weighted by Crippen LogP contribution is -2.01. The quantitative estimate of drug-likeness (QED) is 0.682. The van der Waals surface area contributed by atoms with Crippen LogP contribution in [0.3, 0.4) is 0 Å². The minimum absolute atomic E-state index is 0.751. The molecule has 1 atom stereocenters. The second-order valence-electron chi connectivity index (χ2n) is 4.26. The average Bonchev–Trinajstić information content (AvgIpc) is 2.27. The van der Waals surface area contributed by atoms with Crippen LogP contribution in [0.15, 0.2) is 24.3 Å². The first-order valence-electron chi connectivity index (χ1n) is 5.89. The van der Waals surface area contributed by atoms with Crippen molar-refractivity contribution in [1.82, 2.24) is 0 Å². The Balaban J connectivity index is 2.55. The molecule has 1 unspecified atom stereocenters. The van der Waals surface area contributed by atoms with Gasteiger partial charge in [-0.25, -0.2) is 0 Å². The molecule has 0 saturated carbocycles. The first-order valence-corrected chi connectivity index (χ1v) is 5.89. The maximum absolute atomic E-state index is 5.35. The summed E-state index contributed by atoms with van der Waals surface area (Å²) in [7, 11) is 1.75. The molecule has 1 nitrogen and oxygen atoms in total. The van der Waals surface area contributed by atoms with Crippen LogP contribution in [-0.4, -0.2) is 7.11 Å². The van der Waals surface area contributed by atoms with E-state index in [1.807, 2.05) is 12.1 Å². The Labute approximate surface area is 93.5 Å². The molecule has 84 valence electrons. The fourth-order valence-corrected chi connectivity index (χ4v) is 1.90. The van der Waals surface area contributed by atoms with E-state index in [0.29, 0.717) is 0 Å². The van der Waals surface area contributed by atoms with Crippen LogP contribution in [0.4, 0.5) is 0 Å². The predicted molar refractivity (Wildman–Crippen MR) is 65.4 cm³/mol. The Bertz CT molecular complexity index is 280. The lowest BCUT2D eigenvalue weighted by atomic mass is 9.95. The van der Waals surface area contributed by atoms with Gasteiger partial charge in [-0.1, -0.05) is 51.3 Å². The topological polar surface area (TPSA) is 9.23 Å². The fourth-order valence-electron chi connectivity index (χ4n) is 1.90. The van der Waals surface area contributed by atoms with E-state index in [2.05, 4.69) is 26.0 Å². The van der Waals surface area contributed by atoms with Gasteiger partial charge in [-0.3, -0.25) is 0 Å². The molecular weight excluding hydrogens is 184 g/mol. The zero-order chi connectivity index (χ0) is 11.1. The Morgan fingerprint density at radius 1 is 1.27 bits per heavy atom. The van der Waals surface area contributed by atoms with Crippen molar-refractivity contribution < 1.29 is 4.74 Å². The number of methoxy groups -OCH3 is 1.